The molecule has 170 valence electrons. The van der Waals surface area contributed by atoms with Gasteiger partial charge in [-0.1, -0.05) is 12.1 Å². The molecule has 2 saturated heterocycles. The van der Waals surface area contributed by atoms with Crippen LogP contribution >= 0.6 is 0 Å². The summed E-state index contributed by atoms with van der Waals surface area (Å²) < 4.78 is 12.8. The van der Waals surface area contributed by atoms with E-state index < -0.39 is 5.60 Å². The van der Waals surface area contributed by atoms with E-state index in [4.69, 9.17) is 20.2 Å². The second-order valence-electron chi connectivity index (χ2n) is 9.11. The van der Waals surface area contributed by atoms with Gasteiger partial charge >= 0.3 is 0 Å². The molecule has 0 atom stereocenters. The second-order valence-corrected chi connectivity index (χ2v) is 9.11. The third-order valence-electron chi connectivity index (χ3n) is 6.58. The molecule has 0 saturated carbocycles. The quantitative estimate of drug-likeness (QED) is 0.487. The van der Waals surface area contributed by atoms with Crippen molar-refractivity contribution in [3.8, 4) is 11.6 Å². The van der Waals surface area contributed by atoms with Crippen molar-refractivity contribution >= 4 is 27.6 Å². The Bertz CT molecular complexity index is 1310. The average molecular weight is 446 g/mol. The van der Waals surface area contributed by atoms with E-state index in [1.807, 2.05) is 28.8 Å². The molecule has 2 aliphatic heterocycles. The molecule has 8 heteroatoms. The molecule has 2 aliphatic rings. The van der Waals surface area contributed by atoms with Crippen LogP contribution in [-0.2, 0) is 4.74 Å². The number of rotatable bonds is 5. The smallest absolute Gasteiger partial charge is 0.145 e. The molecule has 0 bridgehead atoms. The zero-order valence-electron chi connectivity index (χ0n) is 18.4. The molecule has 0 aliphatic carbocycles. The Kier molecular flexibility index (Phi) is 4.94. The van der Waals surface area contributed by atoms with Gasteiger partial charge in [0.1, 0.15) is 30.1 Å². The van der Waals surface area contributed by atoms with Crippen molar-refractivity contribution in [1.29, 1.82) is 0 Å². The summed E-state index contributed by atoms with van der Waals surface area (Å²) >= 11 is 0. The van der Waals surface area contributed by atoms with Crippen molar-refractivity contribution in [2.24, 2.45) is 5.73 Å². The summed E-state index contributed by atoms with van der Waals surface area (Å²) in [5.74, 6) is 1.49. The highest BCUT2D eigenvalue weighted by Crippen LogP contribution is 2.30. The lowest BCUT2D eigenvalue weighted by molar-refractivity contribution is -0.192. The van der Waals surface area contributed by atoms with E-state index in [1.165, 1.54) is 0 Å². The summed E-state index contributed by atoms with van der Waals surface area (Å²) in [7, 11) is 0. The van der Waals surface area contributed by atoms with Crippen LogP contribution in [0.15, 0.2) is 54.9 Å². The first-order valence-corrected chi connectivity index (χ1v) is 11.4. The van der Waals surface area contributed by atoms with Crippen LogP contribution in [0.25, 0.3) is 27.8 Å². The Balaban J connectivity index is 1.32. The SMILES string of the molecule is NC1CCN(c2cccc3ccc(-n4cnc5cc(OCC6(O)COC6)ccc54)nc23)CC1. The number of fused-ring (bicyclic) bond motifs is 2. The van der Waals surface area contributed by atoms with Gasteiger partial charge in [-0.15, -0.1) is 0 Å². The first kappa shape index (κ1) is 20.4. The highest BCUT2D eigenvalue weighted by atomic mass is 16.6. The van der Waals surface area contributed by atoms with Crippen molar-refractivity contribution in [3.05, 3.63) is 54.9 Å². The maximum Gasteiger partial charge on any atom is 0.145 e. The van der Waals surface area contributed by atoms with E-state index in [0.717, 1.165) is 59.4 Å². The fourth-order valence-corrected chi connectivity index (χ4v) is 4.55. The lowest BCUT2D eigenvalue weighted by atomic mass is 10.0. The summed E-state index contributed by atoms with van der Waals surface area (Å²) in [5.41, 5.74) is 9.12. The molecule has 2 fully saturated rings. The Hall–Kier alpha value is -3.20. The molecule has 4 aromatic rings. The van der Waals surface area contributed by atoms with E-state index in [-0.39, 0.29) is 12.6 Å². The van der Waals surface area contributed by atoms with Gasteiger partial charge in [-0.2, -0.15) is 0 Å². The maximum absolute atomic E-state index is 10.2. The van der Waals surface area contributed by atoms with Crippen molar-refractivity contribution in [2.75, 3.05) is 37.8 Å². The Morgan fingerprint density at radius 3 is 2.76 bits per heavy atom. The first-order chi connectivity index (χ1) is 16.1. The van der Waals surface area contributed by atoms with Crippen LogP contribution in [0, 0.1) is 0 Å². The molecule has 3 N–H and O–H groups in total. The molecule has 0 unspecified atom stereocenters. The van der Waals surface area contributed by atoms with E-state index in [9.17, 15) is 5.11 Å². The Labute approximate surface area is 191 Å². The minimum absolute atomic E-state index is 0.204. The molecule has 0 radical (unpaired) electrons. The van der Waals surface area contributed by atoms with Gasteiger partial charge < -0.3 is 25.2 Å². The highest BCUT2D eigenvalue weighted by Gasteiger charge is 2.37. The van der Waals surface area contributed by atoms with Crippen LogP contribution in [-0.4, -0.2) is 64.2 Å². The summed E-state index contributed by atoms with van der Waals surface area (Å²) in [6.45, 7) is 2.72. The molecule has 0 spiro atoms. The second kappa shape index (κ2) is 7.98. The van der Waals surface area contributed by atoms with Gasteiger partial charge in [-0.25, -0.2) is 9.97 Å². The fourth-order valence-electron chi connectivity index (χ4n) is 4.55. The minimum Gasteiger partial charge on any atom is -0.490 e. The third-order valence-corrected chi connectivity index (χ3v) is 6.58. The van der Waals surface area contributed by atoms with Crippen molar-refractivity contribution < 1.29 is 14.6 Å². The Morgan fingerprint density at radius 1 is 1.12 bits per heavy atom. The number of para-hydroxylation sites is 1. The van der Waals surface area contributed by atoms with Crippen LogP contribution < -0.4 is 15.4 Å². The predicted molar refractivity (Wildman–Crippen MR) is 127 cm³/mol. The molecule has 33 heavy (non-hydrogen) atoms. The molecule has 0 amide bonds. The third kappa shape index (κ3) is 3.80. The number of nitrogens with two attached hydrogens (primary N) is 1. The lowest BCUT2D eigenvalue weighted by Gasteiger charge is -2.35. The van der Waals surface area contributed by atoms with Crippen molar-refractivity contribution in [2.45, 2.75) is 24.5 Å². The van der Waals surface area contributed by atoms with Gasteiger partial charge in [0.2, 0.25) is 0 Å². The normalized spacial score (nSPS) is 18.5. The molecular formula is C25H27N5O3. The number of imidazole rings is 1. The predicted octanol–water partition coefficient (Wildman–Crippen LogP) is 2.64. The summed E-state index contributed by atoms with van der Waals surface area (Å²) in [6.07, 6.45) is 3.78. The van der Waals surface area contributed by atoms with E-state index in [0.29, 0.717) is 19.0 Å². The van der Waals surface area contributed by atoms with E-state index >= 15 is 0 Å². The van der Waals surface area contributed by atoms with Crippen LogP contribution in [0.5, 0.6) is 5.75 Å². The number of benzene rings is 2. The van der Waals surface area contributed by atoms with Crippen molar-refractivity contribution in [3.63, 3.8) is 0 Å². The zero-order valence-corrected chi connectivity index (χ0v) is 18.4. The van der Waals surface area contributed by atoms with E-state index in [2.05, 4.69) is 34.1 Å². The summed E-state index contributed by atoms with van der Waals surface area (Å²) in [5, 5.41) is 11.3. The number of anilines is 1. The number of aromatic nitrogens is 3. The molecule has 2 aromatic carbocycles. The number of hydrogen-bond acceptors (Lipinski definition) is 7. The summed E-state index contributed by atoms with van der Waals surface area (Å²) in [6, 6.07) is 16.5. The highest BCUT2D eigenvalue weighted by molar-refractivity contribution is 5.92. The lowest BCUT2D eigenvalue weighted by Crippen LogP contribution is -2.53. The topological polar surface area (TPSA) is 98.7 Å². The summed E-state index contributed by atoms with van der Waals surface area (Å²) in [4.78, 5) is 12.0. The minimum atomic E-state index is -0.888. The van der Waals surface area contributed by atoms with Crippen molar-refractivity contribution in [1.82, 2.24) is 14.5 Å². The maximum atomic E-state index is 10.2. The van der Waals surface area contributed by atoms with Crippen LogP contribution in [0.4, 0.5) is 5.69 Å². The van der Waals surface area contributed by atoms with Crippen LogP contribution in [0.3, 0.4) is 0 Å². The van der Waals surface area contributed by atoms with Gasteiger partial charge in [0.25, 0.3) is 0 Å². The van der Waals surface area contributed by atoms with Crippen LogP contribution in [0.1, 0.15) is 12.8 Å². The van der Waals surface area contributed by atoms with Gasteiger partial charge in [0.15, 0.2) is 0 Å². The number of pyridine rings is 1. The van der Waals surface area contributed by atoms with Gasteiger partial charge in [0, 0.05) is 30.6 Å². The van der Waals surface area contributed by atoms with Gasteiger partial charge in [-0.05, 0) is 43.2 Å². The molecule has 6 rings (SSSR count). The Morgan fingerprint density at radius 2 is 1.97 bits per heavy atom. The number of piperidine rings is 1. The standard InChI is InChI=1S/C25H27N5O3/c26-18-8-10-29(11-9-18)22-3-1-2-17-4-7-23(28-24(17)22)30-16-27-20-12-19(5-6-21(20)30)33-15-25(31)13-32-14-25/h1-7,12,16,18,31H,8-11,13-15,26H2. The number of ether oxygens (including phenoxy) is 2. The van der Waals surface area contributed by atoms with Crippen LogP contribution in [0.2, 0.25) is 0 Å². The fraction of sp³-hybridized carbons (Fsp3) is 0.360. The number of aliphatic hydroxyl groups is 1. The first-order valence-electron chi connectivity index (χ1n) is 11.4. The molecule has 2 aromatic heterocycles. The zero-order chi connectivity index (χ0) is 22.4. The largest absolute Gasteiger partial charge is 0.490 e. The molecule has 4 heterocycles. The number of hydrogen-bond donors (Lipinski definition) is 2. The van der Waals surface area contributed by atoms with E-state index in [1.54, 1.807) is 6.33 Å². The average Bonchev–Trinajstić information content (AvgIpc) is 3.25. The molecule has 8 nitrogen and oxygen atoms in total. The molecular weight excluding hydrogens is 418 g/mol. The monoisotopic (exact) mass is 445 g/mol. The van der Waals surface area contributed by atoms with Gasteiger partial charge in [-0.3, -0.25) is 4.57 Å². The van der Waals surface area contributed by atoms with Gasteiger partial charge in [0.05, 0.1) is 35.5 Å². The number of nitrogens with zero attached hydrogens (tertiary/aromatic N) is 4.